The van der Waals surface area contributed by atoms with E-state index in [0.717, 1.165) is 14.6 Å². The molecule has 1 aromatic heterocycles. The van der Waals surface area contributed by atoms with Gasteiger partial charge in [0.2, 0.25) is 0 Å². The van der Waals surface area contributed by atoms with E-state index in [4.69, 9.17) is 5.11 Å². The summed E-state index contributed by atoms with van der Waals surface area (Å²) in [6.45, 7) is 0. The summed E-state index contributed by atoms with van der Waals surface area (Å²) in [5, 5.41) is 19.1. The fourth-order valence-electron chi connectivity index (χ4n) is 1.45. The van der Waals surface area contributed by atoms with Gasteiger partial charge in [0.05, 0.1) is 15.1 Å². The first-order valence-corrected chi connectivity index (χ1v) is 6.80. The number of thiazole rings is 1. The molecule has 0 saturated carbocycles. The first-order valence-electron chi connectivity index (χ1n) is 5.54. The number of aromatic nitrogens is 1. The van der Waals surface area contributed by atoms with Crippen molar-refractivity contribution in [1.82, 2.24) is 4.98 Å². The third kappa shape index (κ3) is 3.69. The van der Waals surface area contributed by atoms with E-state index in [0.29, 0.717) is 0 Å². The van der Waals surface area contributed by atoms with Crippen LogP contribution in [0.25, 0.3) is 10.2 Å². The molecule has 5 nitrogen and oxygen atoms in total. The molecule has 7 heteroatoms. The Labute approximate surface area is 124 Å². The molecular weight excluding hydrogens is 296 g/mol. The number of phenolic OH excluding ortho intramolecular Hbond substituents is 1. The maximum Gasteiger partial charge on any atom is 0.269 e. The van der Waals surface area contributed by atoms with Crippen LogP contribution in [-0.4, -0.2) is 15.0 Å². The summed E-state index contributed by atoms with van der Waals surface area (Å²) >= 11 is 5.56. The van der Waals surface area contributed by atoms with Crippen LogP contribution in [0.1, 0.15) is 0 Å². The number of rotatable bonds is 1. The largest absolute Gasteiger partial charge is 0.508 e. The molecule has 3 aromatic rings. The number of nitro benzene ring substituents is 1. The molecule has 20 heavy (non-hydrogen) atoms. The van der Waals surface area contributed by atoms with Crippen molar-refractivity contribution in [2.75, 3.05) is 0 Å². The highest BCUT2D eigenvalue weighted by Crippen LogP contribution is 2.27. The number of benzene rings is 2. The zero-order chi connectivity index (χ0) is 14.5. The van der Waals surface area contributed by atoms with Gasteiger partial charge in [-0.25, -0.2) is 4.98 Å². The molecule has 0 spiro atoms. The molecule has 1 N–H and O–H groups in total. The average Bonchev–Trinajstić information content (AvgIpc) is 2.79. The molecule has 102 valence electrons. The maximum absolute atomic E-state index is 10.0. The zero-order valence-corrected chi connectivity index (χ0v) is 11.8. The summed E-state index contributed by atoms with van der Waals surface area (Å²) in [6, 6.07) is 13.0. The Morgan fingerprint density at radius 2 is 1.90 bits per heavy atom. The van der Waals surface area contributed by atoms with E-state index >= 15 is 0 Å². The summed E-state index contributed by atoms with van der Waals surface area (Å²) in [5.74, 6) is 0.273. The number of hydrogen-bond acceptors (Lipinski definition) is 6. The van der Waals surface area contributed by atoms with Gasteiger partial charge < -0.3 is 5.11 Å². The highest BCUT2D eigenvalue weighted by molar-refractivity contribution is 7.82. The fourth-order valence-corrected chi connectivity index (χ4v) is 2.59. The van der Waals surface area contributed by atoms with Crippen molar-refractivity contribution in [3.8, 4) is 5.75 Å². The minimum atomic E-state index is -0.417. The second kappa shape index (κ2) is 6.36. The van der Waals surface area contributed by atoms with E-state index < -0.39 is 4.92 Å². The Morgan fingerprint density at radius 3 is 2.50 bits per heavy atom. The van der Waals surface area contributed by atoms with Crippen LogP contribution in [0.2, 0.25) is 0 Å². The second-order valence-electron chi connectivity index (χ2n) is 3.74. The number of thiol groups is 1. The number of para-hydroxylation sites is 1. The van der Waals surface area contributed by atoms with Crippen molar-refractivity contribution < 1.29 is 10.0 Å². The Kier molecular flexibility index (Phi) is 4.54. The van der Waals surface area contributed by atoms with Crippen molar-refractivity contribution in [2.24, 2.45) is 0 Å². The molecule has 0 amide bonds. The predicted octanol–water partition coefficient (Wildman–Crippen LogP) is 3.89. The molecule has 0 saturated heterocycles. The Hall–Kier alpha value is -2.12. The summed E-state index contributed by atoms with van der Waals surface area (Å²) in [6.07, 6.45) is 0. The lowest BCUT2D eigenvalue weighted by atomic mass is 10.3. The monoisotopic (exact) mass is 306 g/mol. The van der Waals surface area contributed by atoms with Gasteiger partial charge in [0.1, 0.15) is 10.1 Å². The van der Waals surface area contributed by atoms with Gasteiger partial charge in [-0.1, -0.05) is 18.2 Å². The van der Waals surface area contributed by atoms with Crippen LogP contribution in [-0.2, 0) is 0 Å². The number of nitro groups is 1. The lowest BCUT2D eigenvalue weighted by Crippen LogP contribution is -1.84. The van der Waals surface area contributed by atoms with Crippen LogP contribution in [0.5, 0.6) is 5.75 Å². The fraction of sp³-hybridized carbons (Fsp3) is 0. The standard InChI is InChI=1S/C7H5NOS2.C6H5NO2/c9-4-1-2-5-6(3-4)11-7(10)8-5;8-7(9)6-4-2-1-3-5-6/h1-3,9H,(H,8,10);1-5H. The van der Waals surface area contributed by atoms with Gasteiger partial charge in [0.25, 0.3) is 5.69 Å². The van der Waals surface area contributed by atoms with Crippen molar-refractivity contribution >= 4 is 39.9 Å². The molecule has 0 aliphatic carbocycles. The first kappa shape index (κ1) is 14.3. The van der Waals surface area contributed by atoms with Gasteiger partial charge in [-0.05, 0) is 18.2 Å². The third-order valence-corrected chi connectivity index (χ3v) is 3.52. The summed E-state index contributed by atoms with van der Waals surface area (Å²) in [5.41, 5.74) is 1.02. The van der Waals surface area contributed by atoms with Gasteiger partial charge in [0.15, 0.2) is 0 Å². The molecular formula is C13H10N2O3S2. The van der Waals surface area contributed by atoms with Crippen LogP contribution in [0.4, 0.5) is 5.69 Å². The van der Waals surface area contributed by atoms with Crippen LogP contribution >= 0.6 is 24.0 Å². The molecule has 0 aliphatic rings. The van der Waals surface area contributed by atoms with Crippen molar-refractivity contribution in [3.63, 3.8) is 0 Å². The highest BCUT2D eigenvalue weighted by atomic mass is 32.2. The maximum atomic E-state index is 10.0. The van der Waals surface area contributed by atoms with E-state index in [1.54, 1.807) is 36.4 Å². The molecule has 1 heterocycles. The van der Waals surface area contributed by atoms with E-state index in [2.05, 4.69) is 17.6 Å². The number of aromatic hydroxyl groups is 1. The third-order valence-electron chi connectivity index (χ3n) is 2.33. The molecule has 0 unspecified atom stereocenters. The van der Waals surface area contributed by atoms with Crippen molar-refractivity contribution in [3.05, 3.63) is 58.6 Å². The normalized spacial score (nSPS) is 9.85. The smallest absolute Gasteiger partial charge is 0.269 e. The highest BCUT2D eigenvalue weighted by Gasteiger charge is 2.00. The van der Waals surface area contributed by atoms with E-state index in [-0.39, 0.29) is 11.4 Å². The SMILES string of the molecule is O=[N+]([O-])c1ccccc1.Oc1ccc2nc(S)sc2c1. The number of nitrogens with zero attached hydrogens (tertiary/aromatic N) is 2. The summed E-state index contributed by atoms with van der Waals surface area (Å²) in [4.78, 5) is 13.7. The van der Waals surface area contributed by atoms with Crippen LogP contribution < -0.4 is 0 Å². The summed E-state index contributed by atoms with van der Waals surface area (Å²) < 4.78 is 1.70. The van der Waals surface area contributed by atoms with Gasteiger partial charge in [0, 0.05) is 12.1 Å². The molecule has 2 aromatic carbocycles. The van der Waals surface area contributed by atoms with E-state index in [1.807, 2.05) is 0 Å². The minimum Gasteiger partial charge on any atom is -0.508 e. The average molecular weight is 306 g/mol. The Morgan fingerprint density at radius 1 is 1.20 bits per heavy atom. The van der Waals surface area contributed by atoms with Gasteiger partial charge in [-0.3, -0.25) is 10.1 Å². The van der Waals surface area contributed by atoms with Crippen LogP contribution in [0, 0.1) is 10.1 Å². The Bertz CT molecular complexity index is 729. The lowest BCUT2D eigenvalue weighted by Gasteiger charge is -1.87. The number of phenols is 1. The van der Waals surface area contributed by atoms with Crippen molar-refractivity contribution in [2.45, 2.75) is 4.34 Å². The van der Waals surface area contributed by atoms with E-state index in [9.17, 15) is 10.1 Å². The number of non-ortho nitro benzene ring substituents is 1. The number of fused-ring (bicyclic) bond motifs is 1. The second-order valence-corrected chi connectivity index (χ2v) is 5.50. The first-order chi connectivity index (χ1) is 9.56. The zero-order valence-electron chi connectivity index (χ0n) is 10.1. The topological polar surface area (TPSA) is 76.3 Å². The van der Waals surface area contributed by atoms with Gasteiger partial charge >= 0.3 is 0 Å². The molecule has 0 bridgehead atoms. The van der Waals surface area contributed by atoms with Gasteiger partial charge in [-0.2, -0.15) is 0 Å². The molecule has 3 rings (SSSR count). The molecule has 0 fully saturated rings. The van der Waals surface area contributed by atoms with Crippen molar-refractivity contribution in [1.29, 1.82) is 0 Å². The molecule has 0 atom stereocenters. The van der Waals surface area contributed by atoms with Crippen LogP contribution in [0.15, 0.2) is 52.9 Å². The lowest BCUT2D eigenvalue weighted by molar-refractivity contribution is -0.384. The molecule has 0 radical (unpaired) electrons. The van der Waals surface area contributed by atoms with Gasteiger partial charge in [-0.15, -0.1) is 24.0 Å². The minimum absolute atomic E-state index is 0.137. The quantitative estimate of drug-likeness (QED) is 0.406. The van der Waals surface area contributed by atoms with Crippen LogP contribution in [0.3, 0.4) is 0 Å². The molecule has 0 aliphatic heterocycles. The Balaban J connectivity index is 0.000000151. The number of hydrogen-bond donors (Lipinski definition) is 2. The predicted molar refractivity (Wildman–Crippen MR) is 81.6 cm³/mol. The van der Waals surface area contributed by atoms with E-state index in [1.165, 1.54) is 23.5 Å². The summed E-state index contributed by atoms with van der Waals surface area (Å²) in [7, 11) is 0.